The van der Waals surface area contributed by atoms with E-state index in [1.165, 1.54) is 14.2 Å². The zero-order valence-corrected chi connectivity index (χ0v) is 13.9. The fourth-order valence-electron chi connectivity index (χ4n) is 4.25. The highest BCUT2D eigenvalue weighted by atomic mass is 16.5. The molecule has 6 heteroatoms. The number of fused-ring (bicyclic) bond motifs is 2. The lowest BCUT2D eigenvalue weighted by molar-refractivity contribution is 0.0554. The molecule has 2 fully saturated rings. The number of methoxy groups -OCH3 is 2. The highest BCUT2D eigenvalue weighted by Gasteiger charge is 2.56. The highest BCUT2D eigenvalue weighted by molar-refractivity contribution is 5.97. The molecule has 0 saturated carbocycles. The van der Waals surface area contributed by atoms with Crippen LogP contribution in [0.4, 0.5) is 0 Å². The van der Waals surface area contributed by atoms with Gasteiger partial charge in [0.25, 0.3) is 5.91 Å². The minimum absolute atomic E-state index is 0.0618. The molecule has 2 saturated heterocycles. The molecule has 23 heavy (non-hydrogen) atoms. The average molecular weight is 320 g/mol. The van der Waals surface area contributed by atoms with Gasteiger partial charge in [0.2, 0.25) is 11.8 Å². The van der Waals surface area contributed by atoms with E-state index in [1.54, 1.807) is 12.1 Å². The van der Waals surface area contributed by atoms with Gasteiger partial charge in [-0.25, -0.2) is 0 Å². The first-order valence-electron chi connectivity index (χ1n) is 8.12. The van der Waals surface area contributed by atoms with Crippen molar-refractivity contribution in [1.82, 2.24) is 9.88 Å². The molecule has 2 bridgehead atoms. The number of rotatable bonds is 5. The lowest BCUT2D eigenvalue weighted by Crippen LogP contribution is -2.42. The van der Waals surface area contributed by atoms with Crippen molar-refractivity contribution in [1.29, 1.82) is 0 Å². The fourth-order valence-corrected chi connectivity index (χ4v) is 4.25. The predicted molar refractivity (Wildman–Crippen MR) is 84.7 cm³/mol. The molecule has 0 radical (unpaired) electrons. The Morgan fingerprint density at radius 1 is 1.39 bits per heavy atom. The van der Waals surface area contributed by atoms with Gasteiger partial charge in [0.05, 0.1) is 20.8 Å². The highest BCUT2D eigenvalue weighted by Crippen LogP contribution is 2.52. The topological polar surface area (TPSA) is 71.9 Å². The normalized spacial score (nSPS) is 29.0. The van der Waals surface area contributed by atoms with Gasteiger partial charge < -0.3 is 19.5 Å². The monoisotopic (exact) mass is 320 g/mol. The van der Waals surface area contributed by atoms with Crippen molar-refractivity contribution in [2.24, 2.45) is 5.41 Å². The molecule has 1 amide bonds. The maximum absolute atomic E-state index is 13.1. The summed E-state index contributed by atoms with van der Waals surface area (Å²) in [5, 5.41) is 9.89. The maximum atomic E-state index is 13.1. The van der Waals surface area contributed by atoms with Crippen LogP contribution in [0.25, 0.3) is 0 Å². The first-order valence-corrected chi connectivity index (χ1v) is 8.12. The first kappa shape index (κ1) is 16.1. The van der Waals surface area contributed by atoms with E-state index < -0.39 is 0 Å². The van der Waals surface area contributed by atoms with Gasteiger partial charge in [-0.05, 0) is 31.7 Å². The maximum Gasteiger partial charge on any atom is 0.259 e. The van der Waals surface area contributed by atoms with Crippen molar-refractivity contribution in [2.45, 2.75) is 44.7 Å². The third-order valence-corrected chi connectivity index (χ3v) is 5.57. The first-order chi connectivity index (χ1) is 11.1. The van der Waals surface area contributed by atoms with Gasteiger partial charge in [-0.3, -0.25) is 4.79 Å². The molecule has 126 valence electrons. The number of hydrogen-bond donors (Lipinski definition) is 1. The zero-order chi connectivity index (χ0) is 16.6. The molecule has 0 unspecified atom stereocenters. The molecule has 2 aliphatic rings. The number of hydrogen-bond acceptors (Lipinski definition) is 5. The molecule has 3 heterocycles. The van der Waals surface area contributed by atoms with Crippen LogP contribution in [-0.4, -0.2) is 53.8 Å². The molecular formula is C17H24N2O4. The molecule has 3 atom stereocenters. The van der Waals surface area contributed by atoms with Crippen LogP contribution < -0.4 is 9.47 Å². The Labute approximate surface area is 136 Å². The summed E-state index contributed by atoms with van der Waals surface area (Å²) in [6, 6.07) is 3.68. The Bertz CT molecular complexity index is 600. The third-order valence-electron chi connectivity index (χ3n) is 5.57. The van der Waals surface area contributed by atoms with Crippen LogP contribution in [0.1, 0.15) is 43.0 Å². The number of aliphatic hydroxyl groups is 1. The summed E-state index contributed by atoms with van der Waals surface area (Å²) in [4.78, 5) is 19.2. The number of aromatic nitrogens is 1. The van der Waals surface area contributed by atoms with E-state index in [-0.39, 0.29) is 35.9 Å². The molecule has 2 aliphatic heterocycles. The molecule has 1 aromatic heterocycles. The molecule has 6 nitrogen and oxygen atoms in total. The van der Waals surface area contributed by atoms with Crippen LogP contribution in [0.2, 0.25) is 0 Å². The minimum atomic E-state index is -0.161. The van der Waals surface area contributed by atoms with Gasteiger partial charge in [-0.1, -0.05) is 6.92 Å². The number of aliphatic hydroxyl groups excluding tert-OH is 1. The predicted octanol–water partition coefficient (Wildman–Crippen LogP) is 1.86. The molecule has 3 rings (SSSR count). The smallest absolute Gasteiger partial charge is 0.259 e. The third kappa shape index (κ3) is 2.36. The molecule has 0 spiro atoms. The van der Waals surface area contributed by atoms with Crippen molar-refractivity contribution in [3.63, 3.8) is 0 Å². The minimum Gasteiger partial charge on any atom is -0.481 e. The van der Waals surface area contributed by atoms with Crippen molar-refractivity contribution >= 4 is 5.91 Å². The van der Waals surface area contributed by atoms with Gasteiger partial charge in [-0.2, -0.15) is 4.98 Å². The SMILES string of the molecule is CC[C@@]1(CO)C[C@@H]2CC[C@H]1N2C(=O)c1ccc(OC)nc1OC. The summed E-state index contributed by atoms with van der Waals surface area (Å²) in [5.74, 6) is 0.640. The summed E-state index contributed by atoms with van der Waals surface area (Å²) < 4.78 is 10.4. The summed E-state index contributed by atoms with van der Waals surface area (Å²) >= 11 is 0. The molecule has 1 aromatic rings. The van der Waals surface area contributed by atoms with Crippen LogP contribution in [0.3, 0.4) is 0 Å². The van der Waals surface area contributed by atoms with E-state index in [2.05, 4.69) is 11.9 Å². The van der Waals surface area contributed by atoms with Gasteiger partial charge in [0.1, 0.15) is 5.56 Å². The second kappa shape index (κ2) is 6.00. The molecule has 0 aliphatic carbocycles. The zero-order valence-electron chi connectivity index (χ0n) is 13.9. The van der Waals surface area contributed by atoms with E-state index in [4.69, 9.17) is 9.47 Å². The fraction of sp³-hybridized carbons (Fsp3) is 0.647. The lowest BCUT2D eigenvalue weighted by atomic mass is 9.72. The summed E-state index contributed by atoms with van der Waals surface area (Å²) in [6.07, 6.45) is 3.72. The van der Waals surface area contributed by atoms with Gasteiger partial charge in [0.15, 0.2) is 0 Å². The summed E-state index contributed by atoms with van der Waals surface area (Å²) in [5.41, 5.74) is 0.293. The number of carbonyl (C=O) groups is 1. The number of amides is 1. The van der Waals surface area contributed by atoms with E-state index in [0.717, 1.165) is 25.7 Å². The Kier molecular flexibility index (Phi) is 4.19. The molecule has 0 aromatic carbocycles. The number of nitrogens with zero attached hydrogens (tertiary/aromatic N) is 2. The molecular weight excluding hydrogens is 296 g/mol. The van der Waals surface area contributed by atoms with Crippen LogP contribution in [0.15, 0.2) is 12.1 Å². The van der Waals surface area contributed by atoms with Gasteiger partial charge >= 0.3 is 0 Å². The van der Waals surface area contributed by atoms with Crippen molar-refractivity contribution < 1.29 is 19.4 Å². The summed E-state index contributed by atoms with van der Waals surface area (Å²) in [7, 11) is 3.03. The Morgan fingerprint density at radius 2 is 2.17 bits per heavy atom. The quantitative estimate of drug-likeness (QED) is 0.896. The van der Waals surface area contributed by atoms with Crippen LogP contribution in [0.5, 0.6) is 11.8 Å². The lowest BCUT2D eigenvalue weighted by Gasteiger charge is -2.34. The standard InChI is InChI=1S/C17H24N2O4/c1-4-17(10-20)9-11-5-7-13(17)19(11)16(21)12-6-8-14(22-2)18-15(12)23-3/h6,8,11,13,20H,4-5,7,9-10H2,1-3H3/t11-,13+,17-/m0/s1. The van der Waals surface area contributed by atoms with E-state index in [9.17, 15) is 9.90 Å². The second-order valence-electron chi connectivity index (χ2n) is 6.45. The average Bonchev–Trinajstić information content (AvgIpc) is 3.16. The number of ether oxygens (including phenoxy) is 2. The largest absolute Gasteiger partial charge is 0.481 e. The van der Waals surface area contributed by atoms with Crippen LogP contribution >= 0.6 is 0 Å². The Balaban J connectivity index is 1.93. The van der Waals surface area contributed by atoms with Crippen molar-refractivity contribution in [3.05, 3.63) is 17.7 Å². The Morgan fingerprint density at radius 3 is 2.74 bits per heavy atom. The van der Waals surface area contributed by atoms with E-state index >= 15 is 0 Å². The molecule has 1 N–H and O–H groups in total. The van der Waals surface area contributed by atoms with Crippen LogP contribution in [0, 0.1) is 5.41 Å². The van der Waals surface area contributed by atoms with Crippen molar-refractivity contribution in [3.8, 4) is 11.8 Å². The summed E-state index contributed by atoms with van der Waals surface area (Å²) in [6.45, 7) is 2.22. The van der Waals surface area contributed by atoms with Gasteiger partial charge in [-0.15, -0.1) is 0 Å². The second-order valence-corrected chi connectivity index (χ2v) is 6.45. The number of pyridine rings is 1. The van der Waals surface area contributed by atoms with Crippen LogP contribution in [-0.2, 0) is 0 Å². The van der Waals surface area contributed by atoms with Crippen molar-refractivity contribution in [2.75, 3.05) is 20.8 Å². The van der Waals surface area contributed by atoms with E-state index in [1.807, 2.05) is 4.90 Å². The number of carbonyl (C=O) groups excluding carboxylic acids is 1. The van der Waals surface area contributed by atoms with Gasteiger partial charge in [0, 0.05) is 23.6 Å². The Hall–Kier alpha value is -1.82. The van der Waals surface area contributed by atoms with E-state index in [0.29, 0.717) is 11.4 Å².